The zero-order chi connectivity index (χ0) is 14.7. The molecule has 112 valence electrons. The van der Waals surface area contributed by atoms with E-state index in [2.05, 4.69) is 34.9 Å². The zero-order valence-electron chi connectivity index (χ0n) is 12.7. The van der Waals surface area contributed by atoms with Crippen molar-refractivity contribution < 1.29 is 4.74 Å². The van der Waals surface area contributed by atoms with Gasteiger partial charge in [-0.3, -0.25) is 4.90 Å². The zero-order valence-corrected chi connectivity index (χ0v) is 12.7. The lowest BCUT2D eigenvalue weighted by atomic mass is 10.0. The topological polar surface area (TPSA) is 39.5 Å². The van der Waals surface area contributed by atoms with Crippen LogP contribution in [0.2, 0.25) is 0 Å². The number of anilines is 1. The molecule has 4 nitrogen and oxygen atoms in total. The van der Waals surface area contributed by atoms with Gasteiger partial charge in [0.15, 0.2) is 0 Å². The van der Waals surface area contributed by atoms with Crippen LogP contribution in [0.3, 0.4) is 0 Å². The van der Waals surface area contributed by atoms with Gasteiger partial charge < -0.3 is 9.64 Å². The third-order valence-corrected chi connectivity index (χ3v) is 4.61. The van der Waals surface area contributed by atoms with Gasteiger partial charge >= 0.3 is 0 Å². The van der Waals surface area contributed by atoms with Crippen LogP contribution in [0.15, 0.2) is 24.3 Å². The highest BCUT2D eigenvalue weighted by atomic mass is 16.5. The number of benzene rings is 1. The molecule has 0 aromatic heterocycles. The van der Waals surface area contributed by atoms with E-state index in [0.717, 1.165) is 38.3 Å². The monoisotopic (exact) mass is 285 g/mol. The lowest BCUT2D eigenvalue weighted by molar-refractivity contribution is -0.0373. The van der Waals surface area contributed by atoms with E-state index in [4.69, 9.17) is 10.00 Å². The Bertz CT molecular complexity index is 500. The van der Waals surface area contributed by atoms with Gasteiger partial charge in [-0.15, -0.1) is 0 Å². The van der Waals surface area contributed by atoms with Gasteiger partial charge in [0.05, 0.1) is 24.3 Å². The lowest BCUT2D eigenvalue weighted by Gasteiger charge is -2.42. The van der Waals surface area contributed by atoms with E-state index >= 15 is 0 Å². The van der Waals surface area contributed by atoms with Crippen molar-refractivity contribution in [1.82, 2.24) is 4.90 Å². The van der Waals surface area contributed by atoms with Crippen LogP contribution in [-0.2, 0) is 4.74 Å². The summed E-state index contributed by atoms with van der Waals surface area (Å²) < 4.78 is 5.63. The smallest absolute Gasteiger partial charge is 0.0991 e. The largest absolute Gasteiger partial charge is 0.376 e. The molecule has 0 amide bonds. The Morgan fingerprint density at radius 2 is 1.86 bits per heavy atom. The van der Waals surface area contributed by atoms with E-state index in [-0.39, 0.29) is 0 Å². The van der Waals surface area contributed by atoms with Gasteiger partial charge in [0.2, 0.25) is 0 Å². The Balaban J connectivity index is 1.56. The lowest BCUT2D eigenvalue weighted by Crippen LogP contribution is -2.51. The molecule has 0 spiro atoms. The summed E-state index contributed by atoms with van der Waals surface area (Å²) >= 11 is 0. The van der Waals surface area contributed by atoms with Crippen molar-refractivity contribution in [2.45, 2.75) is 31.9 Å². The Morgan fingerprint density at radius 1 is 1.14 bits per heavy atom. The van der Waals surface area contributed by atoms with Crippen LogP contribution in [-0.4, -0.2) is 49.8 Å². The second kappa shape index (κ2) is 6.46. The van der Waals surface area contributed by atoms with Crippen LogP contribution >= 0.6 is 0 Å². The van der Waals surface area contributed by atoms with E-state index < -0.39 is 0 Å². The Morgan fingerprint density at radius 3 is 2.48 bits per heavy atom. The molecule has 2 fully saturated rings. The van der Waals surface area contributed by atoms with Crippen molar-refractivity contribution >= 4 is 5.69 Å². The van der Waals surface area contributed by atoms with Gasteiger partial charge in [0.1, 0.15) is 0 Å². The molecule has 3 rings (SSSR count). The number of nitrogens with zero attached hydrogens (tertiary/aromatic N) is 3. The number of hydrogen-bond acceptors (Lipinski definition) is 4. The highest BCUT2D eigenvalue weighted by Gasteiger charge is 2.27. The summed E-state index contributed by atoms with van der Waals surface area (Å²) in [5.41, 5.74) is 1.97. The maximum Gasteiger partial charge on any atom is 0.0991 e. The standard InChI is InChI=1S/C17H23N3O/c1-14-13-20(10-11-21-14)17-6-8-19(9-7-17)16-4-2-15(12-18)3-5-16/h2-5,14,17H,6-11,13H2,1H3. The second-order valence-electron chi connectivity index (χ2n) is 6.05. The number of nitriles is 1. The van der Waals surface area contributed by atoms with Crippen molar-refractivity contribution in [2.75, 3.05) is 37.7 Å². The van der Waals surface area contributed by atoms with Crippen LogP contribution in [0.1, 0.15) is 25.3 Å². The first-order chi connectivity index (χ1) is 10.3. The summed E-state index contributed by atoms with van der Waals surface area (Å²) in [7, 11) is 0. The first kappa shape index (κ1) is 14.4. The van der Waals surface area contributed by atoms with Crippen LogP contribution in [0.4, 0.5) is 5.69 Å². The molecule has 1 aromatic carbocycles. The molecule has 2 aliphatic rings. The van der Waals surface area contributed by atoms with Crippen molar-refractivity contribution in [3.8, 4) is 6.07 Å². The average Bonchev–Trinajstić information content (AvgIpc) is 2.55. The first-order valence-corrected chi connectivity index (χ1v) is 7.87. The predicted molar refractivity (Wildman–Crippen MR) is 83.4 cm³/mol. The molecule has 0 aliphatic carbocycles. The average molecular weight is 285 g/mol. The van der Waals surface area contributed by atoms with Crippen LogP contribution < -0.4 is 4.90 Å². The molecule has 2 saturated heterocycles. The number of piperidine rings is 1. The molecule has 2 aliphatic heterocycles. The second-order valence-corrected chi connectivity index (χ2v) is 6.05. The first-order valence-electron chi connectivity index (χ1n) is 7.87. The Labute approximate surface area is 126 Å². The summed E-state index contributed by atoms with van der Waals surface area (Å²) in [5.74, 6) is 0. The van der Waals surface area contributed by atoms with Gasteiger partial charge in [-0.05, 0) is 44.0 Å². The molecular weight excluding hydrogens is 262 g/mol. The molecule has 2 heterocycles. The Hall–Kier alpha value is -1.57. The van der Waals surface area contributed by atoms with Gasteiger partial charge in [-0.25, -0.2) is 0 Å². The molecule has 0 N–H and O–H groups in total. The van der Waals surface area contributed by atoms with Crippen LogP contribution in [0, 0.1) is 11.3 Å². The molecule has 1 aromatic rings. The van der Waals surface area contributed by atoms with E-state index in [0.29, 0.717) is 12.1 Å². The predicted octanol–water partition coefficient (Wildman–Crippen LogP) is 2.25. The fraction of sp³-hybridized carbons (Fsp3) is 0.588. The molecule has 0 saturated carbocycles. The van der Waals surface area contributed by atoms with E-state index in [1.807, 2.05) is 12.1 Å². The minimum atomic E-state index is 0.371. The van der Waals surface area contributed by atoms with Crippen LogP contribution in [0.25, 0.3) is 0 Å². The number of hydrogen-bond donors (Lipinski definition) is 0. The van der Waals surface area contributed by atoms with Gasteiger partial charge in [0.25, 0.3) is 0 Å². The fourth-order valence-electron chi connectivity index (χ4n) is 3.41. The summed E-state index contributed by atoms with van der Waals surface area (Å²) in [6.45, 7) is 7.38. The highest BCUT2D eigenvalue weighted by Crippen LogP contribution is 2.24. The molecule has 0 bridgehead atoms. The normalized spacial score (nSPS) is 24.8. The number of rotatable bonds is 2. The Kier molecular flexibility index (Phi) is 4.42. The molecule has 21 heavy (non-hydrogen) atoms. The summed E-state index contributed by atoms with van der Waals surface area (Å²) in [4.78, 5) is 5.03. The molecule has 1 atom stereocenters. The third kappa shape index (κ3) is 3.37. The molecule has 4 heteroatoms. The third-order valence-electron chi connectivity index (χ3n) is 4.61. The summed E-state index contributed by atoms with van der Waals surface area (Å²) in [6.07, 6.45) is 2.80. The maximum atomic E-state index is 8.86. The molecule has 0 radical (unpaired) electrons. The summed E-state index contributed by atoms with van der Waals surface area (Å²) in [6, 6.07) is 10.8. The van der Waals surface area contributed by atoms with Gasteiger partial charge in [-0.1, -0.05) is 0 Å². The van der Waals surface area contributed by atoms with Gasteiger partial charge in [-0.2, -0.15) is 5.26 Å². The molecular formula is C17H23N3O. The fourth-order valence-corrected chi connectivity index (χ4v) is 3.41. The van der Waals surface area contributed by atoms with E-state index in [9.17, 15) is 0 Å². The summed E-state index contributed by atoms with van der Waals surface area (Å²) in [5, 5.41) is 8.86. The van der Waals surface area contributed by atoms with Crippen molar-refractivity contribution in [3.05, 3.63) is 29.8 Å². The molecule has 1 unspecified atom stereocenters. The number of ether oxygens (including phenoxy) is 1. The van der Waals surface area contributed by atoms with E-state index in [1.54, 1.807) is 0 Å². The maximum absolute atomic E-state index is 8.86. The van der Waals surface area contributed by atoms with Crippen LogP contribution in [0.5, 0.6) is 0 Å². The van der Waals surface area contributed by atoms with Crippen molar-refractivity contribution in [1.29, 1.82) is 5.26 Å². The van der Waals surface area contributed by atoms with Gasteiger partial charge in [0, 0.05) is 37.9 Å². The van der Waals surface area contributed by atoms with Crippen molar-refractivity contribution in [3.63, 3.8) is 0 Å². The van der Waals surface area contributed by atoms with Crippen molar-refractivity contribution in [2.24, 2.45) is 0 Å². The minimum Gasteiger partial charge on any atom is -0.376 e. The minimum absolute atomic E-state index is 0.371. The highest BCUT2D eigenvalue weighted by molar-refractivity contribution is 5.50. The van der Waals surface area contributed by atoms with E-state index in [1.165, 1.54) is 18.5 Å². The quantitative estimate of drug-likeness (QED) is 0.835. The SMILES string of the molecule is CC1CN(C2CCN(c3ccc(C#N)cc3)CC2)CCO1. The number of morpholine rings is 1.